The second kappa shape index (κ2) is 6.82. The van der Waals surface area contributed by atoms with Crippen LogP contribution >= 0.6 is 0 Å². The number of ether oxygens (including phenoxy) is 2. The van der Waals surface area contributed by atoms with Gasteiger partial charge in [-0.2, -0.15) is 10.2 Å². The van der Waals surface area contributed by atoms with Crippen LogP contribution in [0.3, 0.4) is 0 Å². The van der Waals surface area contributed by atoms with Crippen molar-refractivity contribution in [3.05, 3.63) is 30.4 Å². The van der Waals surface area contributed by atoms with Crippen LogP contribution in [0.25, 0.3) is 0 Å². The van der Waals surface area contributed by atoms with Gasteiger partial charge in [0.2, 0.25) is 0 Å². The number of morpholine rings is 1. The predicted octanol–water partition coefficient (Wildman–Crippen LogP) is -0.212. The van der Waals surface area contributed by atoms with Crippen molar-refractivity contribution in [2.24, 2.45) is 14.1 Å². The lowest BCUT2D eigenvalue weighted by Gasteiger charge is -2.42. The van der Waals surface area contributed by atoms with E-state index in [0.29, 0.717) is 26.3 Å². The topological polar surface area (TPSA) is 77.7 Å². The van der Waals surface area contributed by atoms with Crippen molar-refractivity contribution < 1.29 is 14.3 Å². The highest BCUT2D eigenvalue weighted by molar-refractivity contribution is 5.94. The lowest BCUT2D eigenvalue weighted by atomic mass is 10.0. The fourth-order valence-corrected chi connectivity index (χ4v) is 3.61. The van der Waals surface area contributed by atoms with Gasteiger partial charge in [0.15, 0.2) is 0 Å². The highest BCUT2D eigenvalue weighted by atomic mass is 16.6. The van der Waals surface area contributed by atoms with Crippen LogP contribution in [0, 0.1) is 0 Å². The van der Waals surface area contributed by atoms with Crippen LogP contribution in [-0.4, -0.2) is 75.4 Å². The van der Waals surface area contributed by atoms with E-state index in [-0.39, 0.29) is 12.5 Å². The van der Waals surface area contributed by atoms with Crippen molar-refractivity contribution in [1.82, 2.24) is 24.5 Å². The average molecular weight is 360 g/mol. The molecule has 1 spiro atoms. The summed E-state index contributed by atoms with van der Waals surface area (Å²) in [5, 5.41) is 8.42. The number of anilines is 1. The van der Waals surface area contributed by atoms with Crippen LogP contribution in [-0.2, 0) is 34.9 Å². The highest BCUT2D eigenvalue weighted by Gasteiger charge is 2.43. The maximum absolute atomic E-state index is 12.4. The number of carbonyl (C=O) groups is 1. The molecular weight excluding hydrogens is 336 g/mol. The van der Waals surface area contributed by atoms with E-state index in [0.717, 1.165) is 24.3 Å². The Morgan fingerprint density at radius 1 is 1.15 bits per heavy atom. The molecule has 0 radical (unpaired) electrons. The maximum Gasteiger partial charge on any atom is 0.253 e. The molecule has 2 fully saturated rings. The fraction of sp³-hybridized carbons (Fsp3) is 0.588. The quantitative estimate of drug-likeness (QED) is 0.754. The molecule has 1 atom stereocenters. The minimum Gasteiger partial charge on any atom is -0.377 e. The van der Waals surface area contributed by atoms with E-state index in [1.54, 1.807) is 20.5 Å². The molecule has 0 aliphatic carbocycles. The minimum absolute atomic E-state index is 0.0494. The van der Waals surface area contributed by atoms with Crippen LogP contribution in [0.15, 0.2) is 24.8 Å². The zero-order valence-electron chi connectivity index (χ0n) is 15.2. The Hall–Kier alpha value is -2.23. The Morgan fingerprint density at radius 3 is 2.69 bits per heavy atom. The fourth-order valence-electron chi connectivity index (χ4n) is 3.61. The first-order valence-corrected chi connectivity index (χ1v) is 8.74. The van der Waals surface area contributed by atoms with E-state index >= 15 is 0 Å². The number of hydrogen-bond acceptors (Lipinski definition) is 6. The smallest absolute Gasteiger partial charge is 0.253 e. The molecule has 0 N–H and O–H groups in total. The molecular formula is C17H24N6O3. The number of carbonyl (C=O) groups excluding carboxylic acids is 1. The molecule has 0 unspecified atom stereocenters. The van der Waals surface area contributed by atoms with Gasteiger partial charge in [0, 0.05) is 51.7 Å². The molecule has 0 aromatic carbocycles. The predicted molar refractivity (Wildman–Crippen MR) is 93.5 cm³/mol. The normalized spacial score (nSPS) is 25.0. The second-order valence-electron chi connectivity index (χ2n) is 7.11. The van der Waals surface area contributed by atoms with Crippen molar-refractivity contribution in [2.75, 3.05) is 44.4 Å². The SMILES string of the molecule is Cn1cc(CN2CCOC[C@@]3(C2)CN(c2cnn(C)c2)C(=O)CO3)cn1. The summed E-state index contributed by atoms with van der Waals surface area (Å²) in [7, 11) is 3.76. The molecule has 2 aromatic rings. The minimum atomic E-state index is -0.539. The zero-order valence-corrected chi connectivity index (χ0v) is 15.2. The van der Waals surface area contributed by atoms with Crippen LogP contribution in [0.1, 0.15) is 5.56 Å². The molecule has 2 aliphatic heterocycles. The van der Waals surface area contributed by atoms with E-state index in [4.69, 9.17) is 9.47 Å². The first-order chi connectivity index (χ1) is 12.5. The lowest BCUT2D eigenvalue weighted by molar-refractivity contribution is -0.146. The van der Waals surface area contributed by atoms with Gasteiger partial charge in [0.1, 0.15) is 12.2 Å². The third-order valence-electron chi connectivity index (χ3n) is 4.85. The summed E-state index contributed by atoms with van der Waals surface area (Å²) in [5.74, 6) is -0.0494. The third-order valence-corrected chi connectivity index (χ3v) is 4.85. The monoisotopic (exact) mass is 360 g/mol. The number of amides is 1. The van der Waals surface area contributed by atoms with E-state index < -0.39 is 5.60 Å². The Kier molecular flexibility index (Phi) is 4.51. The van der Waals surface area contributed by atoms with Gasteiger partial charge < -0.3 is 14.4 Å². The number of rotatable bonds is 3. The van der Waals surface area contributed by atoms with Crippen molar-refractivity contribution in [3.8, 4) is 0 Å². The summed E-state index contributed by atoms with van der Waals surface area (Å²) >= 11 is 0. The van der Waals surface area contributed by atoms with Gasteiger partial charge in [-0.25, -0.2) is 0 Å². The molecule has 26 heavy (non-hydrogen) atoms. The van der Waals surface area contributed by atoms with Crippen LogP contribution < -0.4 is 4.90 Å². The van der Waals surface area contributed by atoms with Gasteiger partial charge >= 0.3 is 0 Å². The van der Waals surface area contributed by atoms with Crippen molar-refractivity contribution in [3.63, 3.8) is 0 Å². The standard InChI is InChI=1S/C17H24N6O3/c1-20-7-14(5-18-20)8-22-3-4-25-13-17(11-22)12-23(16(24)10-26-17)15-6-19-21(2)9-15/h5-7,9H,3-4,8,10-13H2,1-2H3/t17-/m1/s1. The number of hydrogen-bond donors (Lipinski definition) is 0. The molecule has 140 valence electrons. The Balaban J connectivity index is 1.52. The Bertz CT molecular complexity index is 787. The molecule has 1 amide bonds. The lowest BCUT2D eigenvalue weighted by Crippen LogP contribution is -2.60. The van der Waals surface area contributed by atoms with E-state index in [1.165, 1.54) is 0 Å². The molecule has 2 aliphatic rings. The molecule has 9 heteroatoms. The van der Waals surface area contributed by atoms with Crippen LogP contribution in [0.5, 0.6) is 0 Å². The molecule has 4 heterocycles. The largest absolute Gasteiger partial charge is 0.377 e. The maximum atomic E-state index is 12.4. The zero-order chi connectivity index (χ0) is 18.1. The average Bonchev–Trinajstić information content (AvgIpc) is 3.16. The first-order valence-electron chi connectivity index (χ1n) is 8.74. The first kappa shape index (κ1) is 17.2. The molecule has 9 nitrogen and oxygen atoms in total. The molecule has 0 bridgehead atoms. The summed E-state index contributed by atoms with van der Waals surface area (Å²) < 4.78 is 15.4. The molecule has 2 aromatic heterocycles. The molecule has 0 saturated carbocycles. The second-order valence-corrected chi connectivity index (χ2v) is 7.11. The summed E-state index contributed by atoms with van der Waals surface area (Å²) in [6.07, 6.45) is 7.46. The Morgan fingerprint density at radius 2 is 1.96 bits per heavy atom. The van der Waals surface area contributed by atoms with Crippen molar-refractivity contribution >= 4 is 11.6 Å². The summed E-state index contributed by atoms with van der Waals surface area (Å²) in [5.41, 5.74) is 1.41. The molecule has 4 rings (SSSR count). The van der Waals surface area contributed by atoms with Gasteiger partial charge in [0.05, 0.1) is 37.8 Å². The van der Waals surface area contributed by atoms with Crippen molar-refractivity contribution in [1.29, 1.82) is 0 Å². The number of nitrogens with zero attached hydrogens (tertiary/aromatic N) is 6. The van der Waals surface area contributed by atoms with E-state index in [2.05, 4.69) is 15.1 Å². The Labute approximate surface area is 152 Å². The van der Waals surface area contributed by atoms with E-state index in [9.17, 15) is 4.79 Å². The summed E-state index contributed by atoms with van der Waals surface area (Å²) in [4.78, 5) is 16.5. The third kappa shape index (κ3) is 3.50. The van der Waals surface area contributed by atoms with Gasteiger partial charge in [-0.1, -0.05) is 0 Å². The highest BCUT2D eigenvalue weighted by Crippen LogP contribution is 2.27. The van der Waals surface area contributed by atoms with Gasteiger partial charge in [0.25, 0.3) is 5.91 Å². The van der Waals surface area contributed by atoms with E-state index in [1.807, 2.05) is 32.7 Å². The van der Waals surface area contributed by atoms with Crippen LogP contribution in [0.4, 0.5) is 5.69 Å². The number of aryl methyl sites for hydroxylation is 2. The van der Waals surface area contributed by atoms with Gasteiger partial charge in [-0.3, -0.25) is 19.1 Å². The van der Waals surface area contributed by atoms with Gasteiger partial charge in [-0.15, -0.1) is 0 Å². The summed E-state index contributed by atoms with van der Waals surface area (Å²) in [6.45, 7) is 3.93. The van der Waals surface area contributed by atoms with Crippen molar-refractivity contribution in [2.45, 2.75) is 12.1 Å². The molecule has 2 saturated heterocycles. The summed E-state index contributed by atoms with van der Waals surface area (Å²) in [6, 6.07) is 0. The van der Waals surface area contributed by atoms with Gasteiger partial charge in [-0.05, 0) is 0 Å². The van der Waals surface area contributed by atoms with Crippen LogP contribution in [0.2, 0.25) is 0 Å². The number of aromatic nitrogens is 4.